The molecule has 0 amide bonds. The number of rotatable bonds is 4. The quantitative estimate of drug-likeness (QED) is 0.876. The zero-order valence-corrected chi connectivity index (χ0v) is 14.1. The molecule has 3 unspecified atom stereocenters. The SMILES string of the molecule is COc1ccccc1[C@H](C)NC1CC2CCC1(C)C2(C)C. The molecule has 2 fully saturated rings. The second-order valence-electron chi connectivity index (χ2n) is 7.79. The van der Waals surface area contributed by atoms with Crippen LogP contribution in [-0.2, 0) is 0 Å². The van der Waals surface area contributed by atoms with E-state index in [1.165, 1.54) is 24.8 Å². The molecule has 2 bridgehead atoms. The number of nitrogens with one attached hydrogen (secondary N) is 1. The normalized spacial score (nSPS) is 34.9. The number of para-hydroxylation sites is 1. The summed E-state index contributed by atoms with van der Waals surface area (Å²) in [7, 11) is 1.76. The second kappa shape index (κ2) is 5.01. The largest absolute Gasteiger partial charge is 0.496 e. The van der Waals surface area contributed by atoms with E-state index < -0.39 is 0 Å². The van der Waals surface area contributed by atoms with E-state index in [-0.39, 0.29) is 0 Å². The summed E-state index contributed by atoms with van der Waals surface area (Å²) < 4.78 is 5.52. The highest BCUT2D eigenvalue weighted by atomic mass is 16.5. The molecule has 21 heavy (non-hydrogen) atoms. The highest BCUT2D eigenvalue weighted by Gasteiger charge is 2.61. The third kappa shape index (κ3) is 2.11. The first-order valence-electron chi connectivity index (χ1n) is 8.29. The van der Waals surface area contributed by atoms with Gasteiger partial charge in [-0.25, -0.2) is 0 Å². The molecule has 1 aromatic carbocycles. The van der Waals surface area contributed by atoms with Crippen LogP contribution in [0.2, 0.25) is 0 Å². The van der Waals surface area contributed by atoms with E-state index in [2.05, 4.69) is 51.2 Å². The van der Waals surface area contributed by atoms with Gasteiger partial charge in [-0.3, -0.25) is 0 Å². The van der Waals surface area contributed by atoms with E-state index in [4.69, 9.17) is 4.74 Å². The van der Waals surface area contributed by atoms with Gasteiger partial charge in [-0.15, -0.1) is 0 Å². The zero-order valence-electron chi connectivity index (χ0n) is 14.1. The Bertz CT molecular complexity index is 524. The minimum absolute atomic E-state index is 0.332. The van der Waals surface area contributed by atoms with Gasteiger partial charge in [0.15, 0.2) is 0 Å². The van der Waals surface area contributed by atoms with Gasteiger partial charge in [0.05, 0.1) is 7.11 Å². The van der Waals surface area contributed by atoms with Crippen LogP contribution in [0.5, 0.6) is 5.75 Å². The number of methoxy groups -OCH3 is 1. The van der Waals surface area contributed by atoms with Gasteiger partial charge in [-0.05, 0) is 49.0 Å². The molecule has 0 heterocycles. The average molecular weight is 287 g/mol. The molecule has 2 heteroatoms. The lowest BCUT2D eigenvalue weighted by molar-refractivity contribution is 0.116. The van der Waals surface area contributed by atoms with Crippen molar-refractivity contribution < 1.29 is 4.74 Å². The van der Waals surface area contributed by atoms with Crippen molar-refractivity contribution in [3.8, 4) is 5.75 Å². The molecule has 0 spiro atoms. The van der Waals surface area contributed by atoms with E-state index >= 15 is 0 Å². The van der Waals surface area contributed by atoms with Gasteiger partial charge in [0.2, 0.25) is 0 Å². The number of ether oxygens (including phenoxy) is 1. The Morgan fingerprint density at radius 2 is 1.95 bits per heavy atom. The van der Waals surface area contributed by atoms with Crippen LogP contribution in [0.4, 0.5) is 0 Å². The van der Waals surface area contributed by atoms with E-state index in [1.54, 1.807) is 7.11 Å². The van der Waals surface area contributed by atoms with Crippen molar-refractivity contribution in [2.45, 2.75) is 59.0 Å². The first-order valence-corrected chi connectivity index (χ1v) is 8.29. The Hall–Kier alpha value is -1.02. The maximum atomic E-state index is 5.52. The van der Waals surface area contributed by atoms with Crippen molar-refractivity contribution in [1.82, 2.24) is 5.32 Å². The summed E-state index contributed by atoms with van der Waals surface area (Å²) in [4.78, 5) is 0. The summed E-state index contributed by atoms with van der Waals surface area (Å²) in [6.07, 6.45) is 4.09. The maximum Gasteiger partial charge on any atom is 0.123 e. The van der Waals surface area contributed by atoms with Crippen LogP contribution in [0.15, 0.2) is 24.3 Å². The van der Waals surface area contributed by atoms with Gasteiger partial charge in [-0.2, -0.15) is 0 Å². The molecular formula is C19H29NO. The van der Waals surface area contributed by atoms with Crippen LogP contribution in [0, 0.1) is 16.7 Å². The molecule has 2 saturated carbocycles. The number of benzene rings is 1. The van der Waals surface area contributed by atoms with Crippen molar-refractivity contribution in [2.24, 2.45) is 16.7 Å². The molecule has 1 N–H and O–H groups in total. The van der Waals surface area contributed by atoms with Crippen LogP contribution >= 0.6 is 0 Å². The first kappa shape index (κ1) is 14.9. The fourth-order valence-corrected chi connectivity index (χ4v) is 4.87. The van der Waals surface area contributed by atoms with Gasteiger partial charge in [-0.1, -0.05) is 39.0 Å². The van der Waals surface area contributed by atoms with E-state index in [1.807, 2.05) is 6.07 Å². The highest BCUT2D eigenvalue weighted by Crippen LogP contribution is 2.65. The van der Waals surface area contributed by atoms with Crippen molar-refractivity contribution >= 4 is 0 Å². The summed E-state index contributed by atoms with van der Waals surface area (Å²) in [5.74, 6) is 1.87. The van der Waals surface area contributed by atoms with Crippen molar-refractivity contribution in [2.75, 3.05) is 7.11 Å². The predicted molar refractivity (Wildman–Crippen MR) is 87.6 cm³/mol. The fourth-order valence-electron chi connectivity index (χ4n) is 4.87. The third-order valence-corrected chi connectivity index (χ3v) is 6.85. The zero-order chi connectivity index (χ0) is 15.3. The lowest BCUT2D eigenvalue weighted by atomic mass is 9.69. The molecule has 0 aromatic heterocycles. The topological polar surface area (TPSA) is 21.3 Å². The molecule has 0 radical (unpaired) electrons. The van der Waals surface area contributed by atoms with Gasteiger partial charge >= 0.3 is 0 Å². The Morgan fingerprint density at radius 3 is 2.52 bits per heavy atom. The van der Waals surface area contributed by atoms with Crippen molar-refractivity contribution in [1.29, 1.82) is 0 Å². The molecule has 2 aliphatic rings. The third-order valence-electron chi connectivity index (χ3n) is 6.85. The standard InChI is InChI=1S/C19H29NO/c1-13(15-8-6-7-9-16(15)21-5)20-17-12-14-10-11-19(17,4)18(14,2)3/h6-9,13-14,17,20H,10-12H2,1-5H3/t13-,14?,17?,19?/m0/s1. The molecular weight excluding hydrogens is 258 g/mol. The summed E-state index contributed by atoms with van der Waals surface area (Å²) in [5, 5.41) is 3.92. The van der Waals surface area contributed by atoms with Crippen LogP contribution in [0.3, 0.4) is 0 Å². The van der Waals surface area contributed by atoms with Crippen molar-refractivity contribution in [3.63, 3.8) is 0 Å². The summed E-state index contributed by atoms with van der Waals surface area (Å²) >= 11 is 0. The second-order valence-corrected chi connectivity index (χ2v) is 7.79. The van der Waals surface area contributed by atoms with E-state index in [0.29, 0.717) is 22.9 Å². The molecule has 2 nitrogen and oxygen atoms in total. The molecule has 0 saturated heterocycles. The van der Waals surface area contributed by atoms with Gasteiger partial charge in [0, 0.05) is 17.6 Å². The van der Waals surface area contributed by atoms with Gasteiger partial charge in [0.1, 0.15) is 5.75 Å². The molecule has 0 aliphatic heterocycles. The minimum Gasteiger partial charge on any atom is -0.496 e. The van der Waals surface area contributed by atoms with Gasteiger partial charge < -0.3 is 10.1 Å². The van der Waals surface area contributed by atoms with Crippen LogP contribution in [0.25, 0.3) is 0 Å². The Balaban J connectivity index is 1.79. The fraction of sp³-hybridized carbons (Fsp3) is 0.684. The lowest BCUT2D eigenvalue weighted by Crippen LogP contribution is -2.45. The molecule has 4 atom stereocenters. The lowest BCUT2D eigenvalue weighted by Gasteiger charge is -2.41. The number of hydrogen-bond acceptors (Lipinski definition) is 2. The Morgan fingerprint density at radius 1 is 1.24 bits per heavy atom. The van der Waals surface area contributed by atoms with E-state index in [0.717, 1.165) is 11.7 Å². The number of hydrogen-bond donors (Lipinski definition) is 1. The Kier molecular flexibility index (Phi) is 3.56. The highest BCUT2D eigenvalue weighted by molar-refractivity contribution is 5.35. The van der Waals surface area contributed by atoms with Crippen LogP contribution < -0.4 is 10.1 Å². The molecule has 116 valence electrons. The minimum atomic E-state index is 0.332. The Labute approximate surface area is 129 Å². The summed E-state index contributed by atoms with van der Waals surface area (Å²) in [5.41, 5.74) is 2.16. The van der Waals surface area contributed by atoms with Crippen LogP contribution in [0.1, 0.15) is 58.6 Å². The summed E-state index contributed by atoms with van der Waals surface area (Å²) in [6, 6.07) is 9.32. The smallest absolute Gasteiger partial charge is 0.123 e. The number of fused-ring (bicyclic) bond motifs is 2. The average Bonchev–Trinajstić information content (AvgIpc) is 2.80. The molecule has 1 aromatic rings. The maximum absolute atomic E-state index is 5.52. The van der Waals surface area contributed by atoms with Gasteiger partial charge in [0.25, 0.3) is 0 Å². The first-order chi connectivity index (χ1) is 9.90. The van der Waals surface area contributed by atoms with E-state index in [9.17, 15) is 0 Å². The monoisotopic (exact) mass is 287 g/mol. The predicted octanol–water partition coefficient (Wildman–Crippen LogP) is 4.56. The summed E-state index contributed by atoms with van der Waals surface area (Å²) in [6.45, 7) is 9.70. The molecule has 2 aliphatic carbocycles. The van der Waals surface area contributed by atoms with Crippen LogP contribution in [-0.4, -0.2) is 13.2 Å². The van der Waals surface area contributed by atoms with Crippen molar-refractivity contribution in [3.05, 3.63) is 29.8 Å². The molecule has 3 rings (SSSR count).